The maximum Gasteiger partial charge on any atom is 0.168 e. The second kappa shape index (κ2) is 5.50. The zero-order valence-electron chi connectivity index (χ0n) is 8.13. The number of benzene rings is 1. The van der Waals surface area contributed by atoms with E-state index in [9.17, 15) is 9.18 Å². The van der Waals surface area contributed by atoms with Crippen molar-refractivity contribution in [3.05, 3.63) is 35.6 Å². The van der Waals surface area contributed by atoms with Gasteiger partial charge in [0, 0.05) is 13.0 Å². The van der Waals surface area contributed by atoms with Crippen LogP contribution in [0.15, 0.2) is 24.3 Å². The van der Waals surface area contributed by atoms with E-state index in [4.69, 9.17) is 4.74 Å². The normalized spacial score (nSPS) is 10.1. The van der Waals surface area contributed by atoms with Gasteiger partial charge in [-0.15, -0.1) is 0 Å². The maximum absolute atomic E-state index is 13.1. The lowest BCUT2D eigenvalue weighted by molar-refractivity contribution is 0.0892. The third kappa shape index (κ3) is 2.92. The molecule has 0 fully saturated rings. The van der Waals surface area contributed by atoms with Crippen LogP contribution in [-0.2, 0) is 4.74 Å². The first-order valence-electron chi connectivity index (χ1n) is 4.61. The Balaban J connectivity index is 2.56. The van der Waals surface area contributed by atoms with Crippen LogP contribution >= 0.6 is 0 Å². The van der Waals surface area contributed by atoms with Crippen molar-refractivity contribution >= 4 is 5.78 Å². The molecule has 0 atom stereocenters. The highest BCUT2D eigenvalue weighted by molar-refractivity contribution is 5.96. The number of ether oxygens (including phenoxy) is 1. The summed E-state index contributed by atoms with van der Waals surface area (Å²) in [4.78, 5) is 11.4. The number of hydrogen-bond acceptors (Lipinski definition) is 2. The summed E-state index contributed by atoms with van der Waals surface area (Å²) in [6, 6.07) is 5.99. The van der Waals surface area contributed by atoms with E-state index in [1.807, 2.05) is 6.92 Å². The molecule has 0 saturated heterocycles. The quantitative estimate of drug-likeness (QED) is 0.534. The standard InChI is InChI=1S/C11H13FO2/c1-2-14-8-7-11(13)9-5-3-4-6-10(9)12/h3-6H,2,7-8H2,1H3. The average molecular weight is 196 g/mol. The Morgan fingerprint density at radius 2 is 2.14 bits per heavy atom. The van der Waals surface area contributed by atoms with Crippen molar-refractivity contribution < 1.29 is 13.9 Å². The molecule has 1 aromatic rings. The predicted molar refractivity (Wildman–Crippen MR) is 51.8 cm³/mol. The highest BCUT2D eigenvalue weighted by Crippen LogP contribution is 2.08. The molecule has 76 valence electrons. The summed E-state index contributed by atoms with van der Waals surface area (Å²) >= 11 is 0. The van der Waals surface area contributed by atoms with Gasteiger partial charge in [0.1, 0.15) is 5.82 Å². The van der Waals surface area contributed by atoms with Gasteiger partial charge in [-0.1, -0.05) is 12.1 Å². The van der Waals surface area contributed by atoms with Gasteiger partial charge in [-0.2, -0.15) is 0 Å². The fraction of sp³-hybridized carbons (Fsp3) is 0.364. The van der Waals surface area contributed by atoms with Crippen LogP contribution in [-0.4, -0.2) is 19.0 Å². The highest BCUT2D eigenvalue weighted by atomic mass is 19.1. The molecule has 0 bridgehead atoms. The molecule has 0 amide bonds. The molecule has 0 unspecified atom stereocenters. The van der Waals surface area contributed by atoms with Crippen molar-refractivity contribution in [1.29, 1.82) is 0 Å². The molecule has 0 N–H and O–H groups in total. The summed E-state index contributed by atoms with van der Waals surface area (Å²) in [5.41, 5.74) is 0.146. The zero-order valence-corrected chi connectivity index (χ0v) is 8.13. The van der Waals surface area contributed by atoms with E-state index < -0.39 is 5.82 Å². The largest absolute Gasteiger partial charge is 0.381 e. The van der Waals surface area contributed by atoms with Crippen molar-refractivity contribution in [3.8, 4) is 0 Å². The Hall–Kier alpha value is -1.22. The monoisotopic (exact) mass is 196 g/mol. The zero-order chi connectivity index (χ0) is 10.4. The lowest BCUT2D eigenvalue weighted by Crippen LogP contribution is -2.06. The van der Waals surface area contributed by atoms with Crippen molar-refractivity contribution in [2.45, 2.75) is 13.3 Å². The molecule has 0 heterocycles. The van der Waals surface area contributed by atoms with Gasteiger partial charge < -0.3 is 4.74 Å². The van der Waals surface area contributed by atoms with E-state index in [0.29, 0.717) is 13.2 Å². The van der Waals surface area contributed by atoms with Crippen LogP contribution in [0.4, 0.5) is 4.39 Å². The number of halogens is 1. The minimum absolute atomic E-state index is 0.146. The summed E-state index contributed by atoms with van der Waals surface area (Å²) < 4.78 is 18.1. The molecular weight excluding hydrogens is 183 g/mol. The second-order valence-corrected chi connectivity index (χ2v) is 2.85. The molecule has 14 heavy (non-hydrogen) atoms. The van der Waals surface area contributed by atoms with Crippen molar-refractivity contribution in [2.75, 3.05) is 13.2 Å². The summed E-state index contributed by atoms with van der Waals surface area (Å²) in [6.45, 7) is 2.78. The Bertz CT molecular complexity index is 310. The van der Waals surface area contributed by atoms with Gasteiger partial charge in [-0.3, -0.25) is 4.79 Å². The van der Waals surface area contributed by atoms with Crippen LogP contribution in [0.3, 0.4) is 0 Å². The minimum atomic E-state index is -0.464. The van der Waals surface area contributed by atoms with Crippen molar-refractivity contribution in [3.63, 3.8) is 0 Å². The summed E-state index contributed by atoms with van der Waals surface area (Å²) in [5, 5.41) is 0. The summed E-state index contributed by atoms with van der Waals surface area (Å²) in [5.74, 6) is -0.675. The SMILES string of the molecule is CCOCCC(=O)c1ccccc1F. The Morgan fingerprint density at radius 3 is 2.79 bits per heavy atom. The number of ketones is 1. The van der Waals surface area contributed by atoms with Gasteiger partial charge in [0.25, 0.3) is 0 Å². The molecule has 0 spiro atoms. The molecule has 0 radical (unpaired) electrons. The average Bonchev–Trinajstić information content (AvgIpc) is 2.18. The van der Waals surface area contributed by atoms with Gasteiger partial charge in [0.2, 0.25) is 0 Å². The van der Waals surface area contributed by atoms with Crippen molar-refractivity contribution in [1.82, 2.24) is 0 Å². The van der Waals surface area contributed by atoms with E-state index in [-0.39, 0.29) is 17.8 Å². The molecule has 0 saturated carbocycles. The first-order chi connectivity index (χ1) is 6.75. The molecule has 1 aromatic carbocycles. The number of carbonyl (C=O) groups is 1. The van der Waals surface area contributed by atoms with Crippen LogP contribution < -0.4 is 0 Å². The molecule has 1 rings (SSSR count). The lowest BCUT2D eigenvalue weighted by Gasteiger charge is -2.02. The number of rotatable bonds is 5. The smallest absolute Gasteiger partial charge is 0.168 e. The van der Waals surface area contributed by atoms with E-state index in [2.05, 4.69) is 0 Å². The van der Waals surface area contributed by atoms with Gasteiger partial charge in [0.05, 0.1) is 12.2 Å². The van der Waals surface area contributed by atoms with Gasteiger partial charge in [-0.25, -0.2) is 4.39 Å². The molecule has 0 aromatic heterocycles. The third-order valence-electron chi connectivity index (χ3n) is 1.85. The van der Waals surface area contributed by atoms with E-state index in [1.54, 1.807) is 12.1 Å². The summed E-state index contributed by atoms with van der Waals surface area (Å²) in [6.07, 6.45) is 0.231. The van der Waals surface area contributed by atoms with Gasteiger partial charge in [0.15, 0.2) is 5.78 Å². The van der Waals surface area contributed by atoms with Gasteiger partial charge >= 0.3 is 0 Å². The van der Waals surface area contributed by atoms with E-state index >= 15 is 0 Å². The predicted octanol–water partition coefficient (Wildman–Crippen LogP) is 2.44. The number of Topliss-reactive ketones (excluding diaryl/α,β-unsaturated/α-hetero) is 1. The van der Waals surface area contributed by atoms with Crippen LogP contribution in [0.2, 0.25) is 0 Å². The number of hydrogen-bond donors (Lipinski definition) is 0. The molecule has 0 aliphatic rings. The van der Waals surface area contributed by atoms with Crippen molar-refractivity contribution in [2.24, 2.45) is 0 Å². The molecule has 0 aliphatic carbocycles. The van der Waals surface area contributed by atoms with Crippen LogP contribution in [0, 0.1) is 5.82 Å². The van der Waals surface area contributed by atoms with E-state index in [0.717, 1.165) is 0 Å². The molecule has 0 aliphatic heterocycles. The summed E-state index contributed by atoms with van der Waals surface area (Å²) in [7, 11) is 0. The minimum Gasteiger partial charge on any atom is -0.381 e. The van der Waals surface area contributed by atoms with Crippen LogP contribution in [0.25, 0.3) is 0 Å². The first-order valence-corrected chi connectivity index (χ1v) is 4.61. The molecular formula is C11H13FO2. The van der Waals surface area contributed by atoms with E-state index in [1.165, 1.54) is 12.1 Å². The third-order valence-corrected chi connectivity index (χ3v) is 1.85. The molecule has 3 heteroatoms. The van der Waals surface area contributed by atoms with Crippen LogP contribution in [0.1, 0.15) is 23.7 Å². The lowest BCUT2D eigenvalue weighted by atomic mass is 10.1. The fourth-order valence-corrected chi connectivity index (χ4v) is 1.13. The Labute approximate surface area is 82.7 Å². The Kier molecular flexibility index (Phi) is 4.26. The topological polar surface area (TPSA) is 26.3 Å². The fourth-order valence-electron chi connectivity index (χ4n) is 1.13. The maximum atomic E-state index is 13.1. The Morgan fingerprint density at radius 1 is 1.43 bits per heavy atom. The highest BCUT2D eigenvalue weighted by Gasteiger charge is 2.09. The van der Waals surface area contributed by atoms with Crippen LogP contribution in [0.5, 0.6) is 0 Å². The molecule has 2 nitrogen and oxygen atoms in total. The number of carbonyl (C=O) groups excluding carboxylic acids is 1. The van der Waals surface area contributed by atoms with Gasteiger partial charge in [-0.05, 0) is 19.1 Å². The first kappa shape index (κ1) is 10.9. The second-order valence-electron chi connectivity index (χ2n) is 2.85.